The predicted molar refractivity (Wildman–Crippen MR) is 99.0 cm³/mol. The van der Waals surface area contributed by atoms with Crippen molar-refractivity contribution < 1.29 is 9.53 Å². The summed E-state index contributed by atoms with van der Waals surface area (Å²) in [5, 5.41) is 13.6. The molecule has 124 valence electrons. The van der Waals surface area contributed by atoms with E-state index < -0.39 is 0 Å². The van der Waals surface area contributed by atoms with Gasteiger partial charge in [-0.25, -0.2) is 0 Å². The molecule has 0 atom stereocenters. The van der Waals surface area contributed by atoms with Crippen LogP contribution in [-0.4, -0.2) is 28.0 Å². The molecule has 1 heterocycles. The first-order chi connectivity index (χ1) is 11.6. The average Bonchev–Trinajstić information content (AvgIpc) is 3.00. The highest BCUT2D eigenvalue weighted by molar-refractivity contribution is 8.01. The van der Waals surface area contributed by atoms with Gasteiger partial charge in [0.25, 0.3) is 5.19 Å². The first-order valence-electron chi connectivity index (χ1n) is 7.52. The summed E-state index contributed by atoms with van der Waals surface area (Å²) >= 11 is 2.70. The van der Waals surface area contributed by atoms with Gasteiger partial charge in [-0.1, -0.05) is 53.3 Å². The van der Waals surface area contributed by atoms with Crippen LogP contribution in [0.25, 0.3) is 10.8 Å². The predicted octanol–water partition coefficient (Wildman–Crippen LogP) is 4.21. The fraction of sp³-hybridized carbons (Fsp3) is 0.235. The number of amides is 1. The van der Waals surface area contributed by atoms with Gasteiger partial charge < -0.3 is 10.1 Å². The molecule has 0 aliphatic rings. The van der Waals surface area contributed by atoms with E-state index in [2.05, 4.69) is 15.5 Å². The highest BCUT2D eigenvalue weighted by Crippen LogP contribution is 2.28. The number of nitrogens with one attached hydrogen (secondary N) is 1. The van der Waals surface area contributed by atoms with E-state index in [-0.39, 0.29) is 17.8 Å². The normalized spacial score (nSPS) is 11.0. The molecule has 7 heteroatoms. The fourth-order valence-electron chi connectivity index (χ4n) is 2.15. The minimum atomic E-state index is -0.0714. The maximum Gasteiger partial charge on any atom is 0.295 e. The lowest BCUT2D eigenvalue weighted by molar-refractivity contribution is -0.113. The molecule has 0 radical (unpaired) electrons. The monoisotopic (exact) mass is 359 g/mol. The molecule has 2 aromatic carbocycles. The third-order valence-electron chi connectivity index (χ3n) is 3.11. The van der Waals surface area contributed by atoms with Gasteiger partial charge in [0, 0.05) is 11.1 Å². The molecule has 0 aliphatic carbocycles. The summed E-state index contributed by atoms with van der Waals surface area (Å²) in [5.74, 6) is 0.206. The van der Waals surface area contributed by atoms with Gasteiger partial charge in [-0.2, -0.15) is 0 Å². The van der Waals surface area contributed by atoms with Crippen LogP contribution in [0, 0.1) is 0 Å². The van der Waals surface area contributed by atoms with Gasteiger partial charge in [-0.15, -0.1) is 5.10 Å². The molecule has 0 spiro atoms. The highest BCUT2D eigenvalue weighted by atomic mass is 32.2. The lowest BCUT2D eigenvalue weighted by Crippen LogP contribution is -2.14. The van der Waals surface area contributed by atoms with Gasteiger partial charge in [0.2, 0.25) is 5.91 Å². The second kappa shape index (κ2) is 7.63. The second-order valence-electron chi connectivity index (χ2n) is 5.36. The largest absolute Gasteiger partial charge is 0.466 e. The number of anilines is 1. The van der Waals surface area contributed by atoms with E-state index in [1.54, 1.807) is 0 Å². The van der Waals surface area contributed by atoms with E-state index in [0.717, 1.165) is 20.8 Å². The number of fused-ring (bicyclic) bond motifs is 1. The molecular weight excluding hydrogens is 342 g/mol. The van der Waals surface area contributed by atoms with Gasteiger partial charge in [0.1, 0.15) is 0 Å². The molecule has 0 saturated heterocycles. The standard InChI is InChI=1S/C17H17N3O2S2/c1-11(2)22-16-19-20-17(24-16)23-10-15(21)18-14-9-5-7-12-6-3-4-8-13(12)14/h3-9,11H,10H2,1-2H3,(H,18,21). The molecule has 0 fully saturated rings. The Bertz CT molecular complexity index is 843. The zero-order valence-corrected chi connectivity index (χ0v) is 15.0. The number of benzene rings is 2. The van der Waals surface area contributed by atoms with Crippen LogP contribution in [0.1, 0.15) is 13.8 Å². The Labute approximate surface area is 148 Å². The van der Waals surface area contributed by atoms with Crippen molar-refractivity contribution >= 4 is 45.5 Å². The van der Waals surface area contributed by atoms with Crippen molar-refractivity contribution in [2.45, 2.75) is 24.3 Å². The van der Waals surface area contributed by atoms with Gasteiger partial charge in [0.15, 0.2) is 4.34 Å². The maximum absolute atomic E-state index is 12.2. The van der Waals surface area contributed by atoms with Crippen molar-refractivity contribution in [2.75, 3.05) is 11.1 Å². The Balaban J connectivity index is 1.60. The van der Waals surface area contributed by atoms with Crippen LogP contribution >= 0.6 is 23.1 Å². The summed E-state index contributed by atoms with van der Waals surface area (Å²) < 4.78 is 6.20. The number of nitrogens with zero attached hydrogens (tertiary/aromatic N) is 2. The number of thioether (sulfide) groups is 1. The number of aromatic nitrogens is 2. The quantitative estimate of drug-likeness (QED) is 0.668. The summed E-state index contributed by atoms with van der Waals surface area (Å²) in [5.41, 5.74) is 0.819. The Kier molecular flexibility index (Phi) is 5.32. The van der Waals surface area contributed by atoms with E-state index in [1.165, 1.54) is 23.1 Å². The molecular formula is C17H17N3O2S2. The molecule has 0 unspecified atom stereocenters. The lowest BCUT2D eigenvalue weighted by atomic mass is 10.1. The van der Waals surface area contributed by atoms with Crippen LogP contribution in [-0.2, 0) is 4.79 Å². The Morgan fingerprint density at radius 2 is 2.00 bits per heavy atom. The van der Waals surface area contributed by atoms with Crippen molar-refractivity contribution in [3.8, 4) is 5.19 Å². The van der Waals surface area contributed by atoms with Crippen molar-refractivity contribution in [1.29, 1.82) is 0 Å². The number of carbonyl (C=O) groups excluding carboxylic acids is 1. The smallest absolute Gasteiger partial charge is 0.295 e. The van der Waals surface area contributed by atoms with Crippen molar-refractivity contribution in [1.82, 2.24) is 10.2 Å². The zero-order chi connectivity index (χ0) is 16.9. The number of hydrogen-bond donors (Lipinski definition) is 1. The van der Waals surface area contributed by atoms with Crippen molar-refractivity contribution in [3.05, 3.63) is 42.5 Å². The molecule has 3 aromatic rings. The zero-order valence-electron chi connectivity index (χ0n) is 13.4. The Hall–Kier alpha value is -2.12. The maximum atomic E-state index is 12.2. The number of rotatable bonds is 6. The molecule has 0 saturated carbocycles. The third-order valence-corrected chi connectivity index (χ3v) is 5.06. The minimum absolute atomic E-state index is 0.0606. The van der Waals surface area contributed by atoms with Gasteiger partial charge in [-0.05, 0) is 36.6 Å². The van der Waals surface area contributed by atoms with Gasteiger partial charge in [0.05, 0.1) is 11.9 Å². The third kappa shape index (κ3) is 4.24. The molecule has 1 N–H and O–H groups in total. The first-order valence-corrected chi connectivity index (χ1v) is 9.32. The SMILES string of the molecule is CC(C)Oc1nnc(SCC(=O)Nc2cccc3ccccc23)s1. The first kappa shape index (κ1) is 16.7. The summed E-state index contributed by atoms with van der Waals surface area (Å²) in [4.78, 5) is 12.2. The van der Waals surface area contributed by atoms with E-state index in [4.69, 9.17) is 4.74 Å². The van der Waals surface area contributed by atoms with Crippen LogP contribution in [0.5, 0.6) is 5.19 Å². The van der Waals surface area contributed by atoms with Crippen LogP contribution in [0.4, 0.5) is 5.69 Å². The number of hydrogen-bond acceptors (Lipinski definition) is 6. The van der Waals surface area contributed by atoms with Crippen molar-refractivity contribution in [2.24, 2.45) is 0 Å². The minimum Gasteiger partial charge on any atom is -0.466 e. The van der Waals surface area contributed by atoms with Gasteiger partial charge in [-0.3, -0.25) is 4.79 Å². The van der Waals surface area contributed by atoms with E-state index in [9.17, 15) is 4.79 Å². The molecule has 5 nitrogen and oxygen atoms in total. The Morgan fingerprint density at radius 1 is 1.21 bits per heavy atom. The summed E-state index contributed by atoms with van der Waals surface area (Å²) in [6, 6.07) is 13.8. The van der Waals surface area contributed by atoms with Crippen LogP contribution in [0.2, 0.25) is 0 Å². The van der Waals surface area contributed by atoms with E-state index >= 15 is 0 Å². The van der Waals surface area contributed by atoms with E-state index in [0.29, 0.717) is 5.19 Å². The lowest BCUT2D eigenvalue weighted by Gasteiger charge is -2.08. The molecule has 1 amide bonds. The molecule has 3 rings (SSSR count). The summed E-state index contributed by atoms with van der Waals surface area (Å²) in [6.07, 6.45) is 0.0606. The second-order valence-corrected chi connectivity index (χ2v) is 7.53. The van der Waals surface area contributed by atoms with Crippen molar-refractivity contribution in [3.63, 3.8) is 0 Å². The Morgan fingerprint density at radius 3 is 2.83 bits per heavy atom. The molecule has 0 aliphatic heterocycles. The van der Waals surface area contributed by atoms with Crippen LogP contribution in [0.3, 0.4) is 0 Å². The van der Waals surface area contributed by atoms with Gasteiger partial charge >= 0.3 is 0 Å². The van der Waals surface area contributed by atoms with Crippen LogP contribution in [0.15, 0.2) is 46.8 Å². The number of ether oxygens (including phenoxy) is 1. The summed E-state index contributed by atoms with van der Waals surface area (Å²) in [6.45, 7) is 3.87. The topological polar surface area (TPSA) is 64.1 Å². The van der Waals surface area contributed by atoms with Crippen LogP contribution < -0.4 is 10.1 Å². The average molecular weight is 359 g/mol. The highest BCUT2D eigenvalue weighted by Gasteiger charge is 2.11. The number of carbonyl (C=O) groups is 1. The molecule has 1 aromatic heterocycles. The molecule has 24 heavy (non-hydrogen) atoms. The summed E-state index contributed by atoms with van der Waals surface area (Å²) in [7, 11) is 0. The fourth-order valence-corrected chi connectivity index (χ4v) is 3.76. The van der Waals surface area contributed by atoms with E-state index in [1.807, 2.05) is 56.3 Å². The molecule has 0 bridgehead atoms.